The molecule has 1 atom stereocenters. The lowest BCUT2D eigenvalue weighted by Gasteiger charge is -2.14. The van der Waals surface area contributed by atoms with Crippen molar-refractivity contribution in [2.45, 2.75) is 18.9 Å². The van der Waals surface area contributed by atoms with Gasteiger partial charge in [0.15, 0.2) is 0 Å². The molecular weight excluding hydrogens is 194 g/mol. The number of carbonyl (C=O) groups is 1. The van der Waals surface area contributed by atoms with E-state index < -0.39 is 11.6 Å². The first kappa shape index (κ1) is 9.71. The molecule has 0 bridgehead atoms. The first-order valence-electron chi connectivity index (χ1n) is 4.66. The number of carboxylic acid groups (broad SMARTS) is 1. The third kappa shape index (κ3) is 1.70. The lowest BCUT2D eigenvalue weighted by Crippen LogP contribution is -2.35. The summed E-state index contributed by atoms with van der Waals surface area (Å²) in [6.07, 6.45) is 0.298. The molecule has 1 aromatic rings. The highest BCUT2D eigenvalue weighted by Crippen LogP contribution is 2.26. The molecule has 1 aliphatic rings. The van der Waals surface area contributed by atoms with Crippen LogP contribution in [-0.2, 0) is 9.63 Å². The molecule has 0 fully saturated rings. The maximum atomic E-state index is 10.9. The van der Waals surface area contributed by atoms with E-state index in [2.05, 4.69) is 5.16 Å². The van der Waals surface area contributed by atoms with Crippen molar-refractivity contribution in [3.63, 3.8) is 0 Å². The number of rotatable bonds is 2. The van der Waals surface area contributed by atoms with E-state index >= 15 is 0 Å². The number of aliphatic carboxylic acids is 1. The van der Waals surface area contributed by atoms with Gasteiger partial charge < -0.3 is 9.94 Å². The fraction of sp³-hybridized carbons (Fsp3) is 0.273. The van der Waals surface area contributed by atoms with Crippen LogP contribution in [0.1, 0.15) is 18.9 Å². The molecule has 1 heterocycles. The predicted octanol–water partition coefficient (Wildman–Crippen LogP) is 1.65. The van der Waals surface area contributed by atoms with Gasteiger partial charge in [-0.3, -0.25) is 0 Å². The Morgan fingerprint density at radius 2 is 2.13 bits per heavy atom. The summed E-state index contributed by atoms with van der Waals surface area (Å²) in [6.45, 7) is 1.52. The third-order valence-corrected chi connectivity index (χ3v) is 2.42. The van der Waals surface area contributed by atoms with Crippen LogP contribution in [0.25, 0.3) is 0 Å². The van der Waals surface area contributed by atoms with Crippen LogP contribution < -0.4 is 0 Å². The van der Waals surface area contributed by atoms with Crippen LogP contribution in [0, 0.1) is 0 Å². The number of oxime groups is 1. The lowest BCUT2D eigenvalue weighted by atomic mass is 9.96. The van der Waals surface area contributed by atoms with Crippen molar-refractivity contribution in [2.24, 2.45) is 5.16 Å². The summed E-state index contributed by atoms with van der Waals surface area (Å²) in [4.78, 5) is 15.9. The molecule has 1 aliphatic heterocycles. The van der Waals surface area contributed by atoms with E-state index in [0.717, 1.165) is 5.56 Å². The Morgan fingerprint density at radius 1 is 1.47 bits per heavy atom. The summed E-state index contributed by atoms with van der Waals surface area (Å²) in [5.41, 5.74) is 0.369. The molecule has 2 rings (SSSR count). The third-order valence-electron chi connectivity index (χ3n) is 2.42. The van der Waals surface area contributed by atoms with Gasteiger partial charge in [0, 0.05) is 6.42 Å². The molecule has 0 aromatic heterocycles. The Hall–Kier alpha value is -1.84. The molecule has 78 valence electrons. The average Bonchev–Trinajstić information content (AvgIpc) is 2.64. The minimum absolute atomic E-state index is 0.298. The highest BCUT2D eigenvalue weighted by Gasteiger charge is 2.42. The molecular formula is C11H11NO3. The Balaban J connectivity index is 2.21. The Morgan fingerprint density at radius 3 is 2.67 bits per heavy atom. The van der Waals surface area contributed by atoms with E-state index in [1.165, 1.54) is 6.92 Å². The topological polar surface area (TPSA) is 58.9 Å². The smallest absolute Gasteiger partial charge is 0.351 e. The Kier molecular flexibility index (Phi) is 2.19. The van der Waals surface area contributed by atoms with Gasteiger partial charge in [-0.2, -0.15) is 0 Å². The van der Waals surface area contributed by atoms with Gasteiger partial charge in [0.25, 0.3) is 0 Å². The molecule has 0 unspecified atom stereocenters. The van der Waals surface area contributed by atoms with Crippen LogP contribution in [0.2, 0.25) is 0 Å². The summed E-state index contributed by atoms with van der Waals surface area (Å²) in [5.74, 6) is -0.989. The second-order valence-corrected chi connectivity index (χ2v) is 3.71. The second-order valence-electron chi connectivity index (χ2n) is 3.71. The highest BCUT2D eigenvalue weighted by atomic mass is 16.7. The lowest BCUT2D eigenvalue weighted by molar-refractivity contribution is -0.160. The van der Waals surface area contributed by atoms with E-state index in [1.807, 2.05) is 30.3 Å². The van der Waals surface area contributed by atoms with Crippen LogP contribution >= 0.6 is 0 Å². The zero-order valence-electron chi connectivity index (χ0n) is 8.30. The van der Waals surface area contributed by atoms with Crippen molar-refractivity contribution >= 4 is 11.7 Å². The molecule has 0 spiro atoms. The van der Waals surface area contributed by atoms with Gasteiger partial charge in [0.2, 0.25) is 5.60 Å². The molecule has 0 saturated carbocycles. The summed E-state index contributed by atoms with van der Waals surface area (Å²) < 4.78 is 0. The molecule has 4 heteroatoms. The molecule has 1 N–H and O–H groups in total. The molecule has 0 amide bonds. The maximum Gasteiger partial charge on any atom is 0.351 e. The summed E-state index contributed by atoms with van der Waals surface area (Å²) >= 11 is 0. The zero-order chi connectivity index (χ0) is 10.9. The number of hydrogen-bond donors (Lipinski definition) is 1. The van der Waals surface area contributed by atoms with Crippen molar-refractivity contribution in [3.8, 4) is 0 Å². The average molecular weight is 205 g/mol. The number of nitrogens with zero attached hydrogens (tertiary/aromatic N) is 1. The van der Waals surface area contributed by atoms with Gasteiger partial charge >= 0.3 is 5.97 Å². The molecule has 0 aliphatic carbocycles. The second kappa shape index (κ2) is 3.38. The standard InChI is InChI=1S/C11H11NO3/c1-11(10(13)14)7-9(12-15-11)8-5-3-2-4-6-8/h2-6H,7H2,1H3,(H,13,14)/t11-/m1/s1. The monoisotopic (exact) mass is 205 g/mol. The van der Waals surface area contributed by atoms with Crippen molar-refractivity contribution in [2.75, 3.05) is 0 Å². The number of carboxylic acids is 1. The molecule has 1 aromatic carbocycles. The molecule has 15 heavy (non-hydrogen) atoms. The van der Waals surface area contributed by atoms with Crippen molar-refractivity contribution in [3.05, 3.63) is 35.9 Å². The van der Waals surface area contributed by atoms with Gasteiger partial charge in [0.1, 0.15) is 0 Å². The van der Waals surface area contributed by atoms with Crippen molar-refractivity contribution in [1.82, 2.24) is 0 Å². The van der Waals surface area contributed by atoms with Crippen LogP contribution in [0.3, 0.4) is 0 Å². The minimum atomic E-state index is -1.22. The van der Waals surface area contributed by atoms with Gasteiger partial charge in [-0.1, -0.05) is 35.5 Å². The van der Waals surface area contributed by atoms with E-state index in [0.29, 0.717) is 12.1 Å². The van der Waals surface area contributed by atoms with Gasteiger partial charge in [-0.25, -0.2) is 4.79 Å². The number of benzene rings is 1. The zero-order valence-corrected chi connectivity index (χ0v) is 8.30. The molecule has 4 nitrogen and oxygen atoms in total. The quantitative estimate of drug-likeness (QED) is 0.798. The summed E-state index contributed by atoms with van der Waals surface area (Å²) in [5, 5.41) is 12.8. The largest absolute Gasteiger partial charge is 0.478 e. The first-order valence-corrected chi connectivity index (χ1v) is 4.66. The first-order chi connectivity index (χ1) is 7.12. The minimum Gasteiger partial charge on any atom is -0.478 e. The normalized spacial score (nSPS) is 24.5. The van der Waals surface area contributed by atoms with Gasteiger partial charge in [-0.15, -0.1) is 0 Å². The fourth-order valence-electron chi connectivity index (χ4n) is 1.44. The van der Waals surface area contributed by atoms with Crippen molar-refractivity contribution < 1.29 is 14.7 Å². The van der Waals surface area contributed by atoms with Crippen LogP contribution in [0.15, 0.2) is 35.5 Å². The summed E-state index contributed by atoms with van der Waals surface area (Å²) in [6, 6.07) is 9.43. The van der Waals surface area contributed by atoms with E-state index in [9.17, 15) is 4.79 Å². The predicted molar refractivity (Wildman–Crippen MR) is 54.7 cm³/mol. The fourth-order valence-corrected chi connectivity index (χ4v) is 1.44. The number of hydrogen-bond acceptors (Lipinski definition) is 3. The van der Waals surface area contributed by atoms with Gasteiger partial charge in [0.05, 0.1) is 5.71 Å². The molecule has 0 radical (unpaired) electrons. The van der Waals surface area contributed by atoms with Gasteiger partial charge in [-0.05, 0) is 12.5 Å². The summed E-state index contributed by atoms with van der Waals surface area (Å²) in [7, 11) is 0. The van der Waals surface area contributed by atoms with Crippen LogP contribution in [0.4, 0.5) is 0 Å². The molecule has 0 saturated heterocycles. The SMILES string of the molecule is C[C@]1(C(=O)O)CC(c2ccccc2)=NO1. The van der Waals surface area contributed by atoms with E-state index in [-0.39, 0.29) is 0 Å². The Bertz CT molecular complexity index is 413. The van der Waals surface area contributed by atoms with E-state index in [1.54, 1.807) is 0 Å². The van der Waals surface area contributed by atoms with Crippen LogP contribution in [-0.4, -0.2) is 22.4 Å². The van der Waals surface area contributed by atoms with E-state index in [4.69, 9.17) is 9.94 Å². The van der Waals surface area contributed by atoms with Crippen molar-refractivity contribution in [1.29, 1.82) is 0 Å². The van der Waals surface area contributed by atoms with Crippen LogP contribution in [0.5, 0.6) is 0 Å². The highest BCUT2D eigenvalue weighted by molar-refractivity contribution is 6.04. The maximum absolute atomic E-state index is 10.9. The Labute approximate surface area is 87.2 Å².